The molecule has 0 amide bonds. The van der Waals surface area contributed by atoms with Crippen LogP contribution in [-0.2, 0) is 0 Å². The Morgan fingerprint density at radius 2 is 2.33 bits per heavy atom. The number of aromatic amines is 1. The summed E-state index contributed by atoms with van der Waals surface area (Å²) >= 11 is 0. The normalized spacial score (nSPS) is 15.7. The van der Waals surface area contributed by atoms with Gasteiger partial charge in [-0.15, -0.1) is 0 Å². The molecule has 0 saturated heterocycles. The molecule has 2 aromatic rings. The van der Waals surface area contributed by atoms with E-state index in [1.807, 2.05) is 0 Å². The van der Waals surface area contributed by atoms with Crippen LogP contribution < -0.4 is 0 Å². The Bertz CT molecular complexity index is 543. The van der Waals surface area contributed by atoms with E-state index in [9.17, 15) is 4.79 Å². The summed E-state index contributed by atoms with van der Waals surface area (Å²) in [6, 6.07) is 1.75. The van der Waals surface area contributed by atoms with Gasteiger partial charge < -0.3 is 10.1 Å². The highest BCUT2D eigenvalue weighted by Crippen LogP contribution is 2.39. The summed E-state index contributed by atoms with van der Waals surface area (Å²) < 4.78 is 0. The average molecular weight is 203 g/mol. The van der Waals surface area contributed by atoms with Gasteiger partial charge in [-0.1, -0.05) is 0 Å². The zero-order chi connectivity index (χ0) is 10.4. The number of pyridine rings is 1. The quantitative estimate of drug-likeness (QED) is 0.775. The van der Waals surface area contributed by atoms with Crippen molar-refractivity contribution in [2.75, 3.05) is 0 Å². The Labute approximate surface area is 85.2 Å². The van der Waals surface area contributed by atoms with E-state index in [1.165, 1.54) is 6.20 Å². The number of carbonyl (C=O) groups is 1. The van der Waals surface area contributed by atoms with Gasteiger partial charge in [0.05, 0.1) is 5.52 Å². The summed E-state index contributed by atoms with van der Waals surface area (Å²) in [7, 11) is 0. The number of rotatable bonds is 2. The van der Waals surface area contributed by atoms with Crippen molar-refractivity contribution >= 4 is 17.0 Å². The van der Waals surface area contributed by atoms with Gasteiger partial charge in [0, 0.05) is 12.1 Å². The first-order valence-corrected chi connectivity index (χ1v) is 4.83. The number of nitrogens with one attached hydrogen (secondary N) is 1. The van der Waals surface area contributed by atoms with Crippen LogP contribution >= 0.6 is 0 Å². The van der Waals surface area contributed by atoms with Crippen LogP contribution in [0, 0.1) is 0 Å². The standard InChI is InChI=1S/C10H9N3O2/c14-10(15)8-7-6(3-4-11-8)12-9(13-7)5-1-2-5/h3-5H,1-2H2,(H,12,13)(H,14,15). The molecule has 0 aromatic carbocycles. The maximum Gasteiger partial charge on any atom is 0.356 e. The highest BCUT2D eigenvalue weighted by atomic mass is 16.4. The number of nitrogens with zero attached hydrogens (tertiary/aromatic N) is 2. The molecule has 2 N–H and O–H groups in total. The van der Waals surface area contributed by atoms with Crippen molar-refractivity contribution in [2.24, 2.45) is 0 Å². The average Bonchev–Trinajstić information content (AvgIpc) is 2.96. The molecule has 2 aromatic heterocycles. The van der Waals surface area contributed by atoms with Crippen LogP contribution in [-0.4, -0.2) is 26.0 Å². The fourth-order valence-corrected chi connectivity index (χ4v) is 1.66. The third kappa shape index (κ3) is 1.27. The Kier molecular flexibility index (Phi) is 1.56. The van der Waals surface area contributed by atoms with Crippen LogP contribution in [0.5, 0.6) is 0 Å². The number of hydrogen-bond acceptors (Lipinski definition) is 3. The Morgan fingerprint density at radius 1 is 1.53 bits per heavy atom. The SMILES string of the molecule is O=C(O)c1nccc2[nH]c(C3CC3)nc12. The van der Waals surface area contributed by atoms with E-state index in [4.69, 9.17) is 5.11 Å². The number of H-pyrrole nitrogens is 1. The molecule has 0 atom stereocenters. The lowest BCUT2D eigenvalue weighted by molar-refractivity contribution is 0.0692. The molecule has 1 fully saturated rings. The van der Waals surface area contributed by atoms with Crippen LogP contribution in [0.25, 0.3) is 11.0 Å². The molecule has 1 aliphatic rings. The summed E-state index contributed by atoms with van der Waals surface area (Å²) in [6.45, 7) is 0. The minimum atomic E-state index is -1.03. The first kappa shape index (κ1) is 8.40. The van der Waals surface area contributed by atoms with E-state index in [-0.39, 0.29) is 5.69 Å². The zero-order valence-corrected chi connectivity index (χ0v) is 7.90. The minimum Gasteiger partial charge on any atom is -0.476 e. The molecule has 0 radical (unpaired) electrons. The van der Waals surface area contributed by atoms with Gasteiger partial charge in [-0.3, -0.25) is 0 Å². The highest BCUT2D eigenvalue weighted by molar-refractivity contribution is 5.98. The number of carboxylic acids is 1. The minimum absolute atomic E-state index is 0.0238. The largest absolute Gasteiger partial charge is 0.476 e. The molecular weight excluding hydrogens is 194 g/mol. The zero-order valence-electron chi connectivity index (χ0n) is 7.90. The van der Waals surface area contributed by atoms with Crippen LogP contribution in [0.15, 0.2) is 12.3 Å². The second-order valence-electron chi connectivity index (χ2n) is 3.76. The molecule has 0 unspecified atom stereocenters. The topological polar surface area (TPSA) is 78.9 Å². The lowest BCUT2D eigenvalue weighted by Gasteiger charge is -1.92. The van der Waals surface area contributed by atoms with E-state index >= 15 is 0 Å². The van der Waals surface area contributed by atoms with Crippen LogP contribution in [0.1, 0.15) is 35.1 Å². The summed E-state index contributed by atoms with van der Waals surface area (Å²) in [5.74, 6) is 0.342. The number of imidazole rings is 1. The van der Waals surface area contributed by atoms with Crippen molar-refractivity contribution in [1.29, 1.82) is 0 Å². The molecule has 76 valence electrons. The van der Waals surface area contributed by atoms with Crippen molar-refractivity contribution in [3.8, 4) is 0 Å². The number of hydrogen-bond donors (Lipinski definition) is 2. The first-order valence-electron chi connectivity index (χ1n) is 4.83. The van der Waals surface area contributed by atoms with Gasteiger partial charge in [-0.25, -0.2) is 14.8 Å². The maximum absolute atomic E-state index is 10.9. The Morgan fingerprint density at radius 3 is 3.00 bits per heavy atom. The third-order valence-corrected chi connectivity index (χ3v) is 2.59. The second kappa shape index (κ2) is 2.79. The van der Waals surface area contributed by atoms with Crippen molar-refractivity contribution in [2.45, 2.75) is 18.8 Å². The number of carboxylic acid groups (broad SMARTS) is 1. The number of aromatic nitrogens is 3. The lowest BCUT2D eigenvalue weighted by Crippen LogP contribution is -2.00. The van der Waals surface area contributed by atoms with E-state index in [0.717, 1.165) is 24.2 Å². The molecular formula is C10H9N3O2. The van der Waals surface area contributed by atoms with Crippen LogP contribution in [0.3, 0.4) is 0 Å². The molecule has 3 rings (SSSR count). The van der Waals surface area contributed by atoms with Crippen molar-refractivity contribution in [3.05, 3.63) is 23.8 Å². The first-order chi connectivity index (χ1) is 7.25. The fourth-order valence-electron chi connectivity index (χ4n) is 1.66. The van der Waals surface area contributed by atoms with E-state index in [1.54, 1.807) is 6.07 Å². The molecule has 0 aliphatic heterocycles. The fraction of sp³-hybridized carbons (Fsp3) is 0.300. The summed E-state index contributed by atoms with van der Waals surface area (Å²) in [6.07, 6.45) is 3.76. The predicted molar refractivity (Wildman–Crippen MR) is 52.8 cm³/mol. The predicted octanol–water partition coefficient (Wildman–Crippen LogP) is 1.53. The number of fused-ring (bicyclic) bond motifs is 1. The monoisotopic (exact) mass is 203 g/mol. The molecule has 2 heterocycles. The summed E-state index contributed by atoms with van der Waals surface area (Å²) in [4.78, 5) is 22.1. The summed E-state index contributed by atoms with van der Waals surface area (Å²) in [5.41, 5.74) is 1.24. The van der Waals surface area contributed by atoms with Gasteiger partial charge in [0.25, 0.3) is 0 Å². The molecule has 0 bridgehead atoms. The second-order valence-corrected chi connectivity index (χ2v) is 3.76. The van der Waals surface area contributed by atoms with E-state index in [2.05, 4.69) is 15.0 Å². The molecule has 15 heavy (non-hydrogen) atoms. The molecule has 5 nitrogen and oxygen atoms in total. The van der Waals surface area contributed by atoms with Gasteiger partial charge in [-0.2, -0.15) is 0 Å². The molecule has 5 heteroatoms. The third-order valence-electron chi connectivity index (χ3n) is 2.59. The van der Waals surface area contributed by atoms with Crippen molar-refractivity contribution in [3.63, 3.8) is 0 Å². The molecule has 1 aliphatic carbocycles. The van der Waals surface area contributed by atoms with Gasteiger partial charge in [0.1, 0.15) is 11.3 Å². The molecule has 0 spiro atoms. The van der Waals surface area contributed by atoms with Gasteiger partial charge in [0.15, 0.2) is 5.69 Å². The van der Waals surface area contributed by atoms with Crippen LogP contribution in [0.2, 0.25) is 0 Å². The smallest absolute Gasteiger partial charge is 0.356 e. The van der Waals surface area contributed by atoms with E-state index < -0.39 is 5.97 Å². The maximum atomic E-state index is 10.9. The van der Waals surface area contributed by atoms with Crippen LogP contribution in [0.4, 0.5) is 0 Å². The molecule has 1 saturated carbocycles. The number of aromatic carboxylic acids is 1. The van der Waals surface area contributed by atoms with Crippen molar-refractivity contribution < 1.29 is 9.90 Å². The van der Waals surface area contributed by atoms with Gasteiger partial charge >= 0.3 is 5.97 Å². The highest BCUT2D eigenvalue weighted by Gasteiger charge is 2.27. The Hall–Kier alpha value is -1.91. The van der Waals surface area contributed by atoms with Gasteiger partial charge in [0.2, 0.25) is 0 Å². The Balaban J connectivity index is 2.23. The van der Waals surface area contributed by atoms with E-state index in [0.29, 0.717) is 11.4 Å². The van der Waals surface area contributed by atoms with Crippen molar-refractivity contribution in [1.82, 2.24) is 15.0 Å². The summed E-state index contributed by atoms with van der Waals surface area (Å²) in [5, 5.41) is 8.93. The van der Waals surface area contributed by atoms with Gasteiger partial charge in [-0.05, 0) is 18.9 Å². The lowest BCUT2D eigenvalue weighted by atomic mass is 10.3.